The lowest BCUT2D eigenvalue weighted by molar-refractivity contribution is -0.116. The summed E-state index contributed by atoms with van der Waals surface area (Å²) in [7, 11) is 4.48. The van der Waals surface area contributed by atoms with Crippen LogP contribution in [0.2, 0.25) is 10.0 Å². The minimum Gasteiger partial charge on any atom is -0.496 e. The van der Waals surface area contributed by atoms with Crippen LogP contribution in [0.25, 0.3) is 6.08 Å². The van der Waals surface area contributed by atoms with Crippen molar-refractivity contribution in [3.63, 3.8) is 0 Å². The SMILES string of the molecule is CCC(Sc1cccc(NC(=O)/C(=C\c2cc(OC)c(OC)cc2OC)NC(=O)c2ccccc2)c1)C(=O)Nc1cc(Cl)ccc1Cl. The number of halogens is 2. The average Bonchev–Trinajstić information content (AvgIpc) is 3.08. The molecule has 4 aromatic carbocycles. The lowest BCUT2D eigenvalue weighted by atomic mass is 10.1. The second kappa shape index (κ2) is 16.8. The smallest absolute Gasteiger partial charge is 0.272 e. The van der Waals surface area contributed by atoms with Gasteiger partial charge < -0.3 is 30.2 Å². The maximum atomic E-state index is 13.7. The van der Waals surface area contributed by atoms with Gasteiger partial charge >= 0.3 is 0 Å². The minimum absolute atomic E-state index is 0.0494. The van der Waals surface area contributed by atoms with Crippen molar-refractivity contribution < 1.29 is 28.6 Å². The molecule has 3 amide bonds. The molecule has 47 heavy (non-hydrogen) atoms. The van der Waals surface area contributed by atoms with Gasteiger partial charge in [0.05, 0.1) is 37.3 Å². The fourth-order valence-corrected chi connectivity index (χ4v) is 5.75. The van der Waals surface area contributed by atoms with E-state index in [4.69, 9.17) is 37.4 Å². The Balaban J connectivity index is 1.59. The Hall–Kier alpha value is -4.64. The standard InChI is InChI=1S/C35H33Cl2N3O6S/c1-5-32(35(43)39-27-18-23(36)14-15-26(27)37)47-25-13-9-12-24(19-25)38-34(42)28(40-33(41)21-10-7-6-8-11-21)16-22-17-30(45-3)31(46-4)20-29(22)44-2/h6-20,32H,5H2,1-4H3,(H,38,42)(H,39,43)(H,40,41)/b28-16+. The van der Waals surface area contributed by atoms with E-state index in [0.29, 0.717) is 56.2 Å². The third kappa shape index (κ3) is 9.45. The Kier molecular flexibility index (Phi) is 12.6. The molecule has 0 aliphatic rings. The topological polar surface area (TPSA) is 115 Å². The molecule has 0 fully saturated rings. The number of amides is 3. The molecule has 4 aromatic rings. The predicted octanol–water partition coefficient (Wildman–Crippen LogP) is 7.94. The van der Waals surface area contributed by atoms with Crippen LogP contribution in [-0.2, 0) is 9.59 Å². The number of nitrogens with one attached hydrogen (secondary N) is 3. The van der Waals surface area contributed by atoms with Crippen LogP contribution in [0.3, 0.4) is 0 Å². The summed E-state index contributed by atoms with van der Waals surface area (Å²) in [5.41, 5.74) is 1.66. The second-order valence-electron chi connectivity index (χ2n) is 9.94. The first-order valence-corrected chi connectivity index (χ1v) is 16.0. The van der Waals surface area contributed by atoms with Gasteiger partial charge in [0, 0.05) is 32.8 Å². The largest absolute Gasteiger partial charge is 0.496 e. The van der Waals surface area contributed by atoms with Crippen molar-refractivity contribution in [3.05, 3.63) is 112 Å². The van der Waals surface area contributed by atoms with Gasteiger partial charge in [-0.1, -0.05) is 54.4 Å². The number of benzene rings is 4. The number of ether oxygens (including phenoxy) is 3. The molecule has 0 aliphatic heterocycles. The number of thioether (sulfide) groups is 1. The molecule has 9 nitrogen and oxygen atoms in total. The summed E-state index contributed by atoms with van der Waals surface area (Å²) in [5, 5.41) is 8.79. The number of hydrogen-bond donors (Lipinski definition) is 3. The highest BCUT2D eigenvalue weighted by Crippen LogP contribution is 2.36. The van der Waals surface area contributed by atoms with E-state index in [9.17, 15) is 14.4 Å². The van der Waals surface area contributed by atoms with Crippen molar-refractivity contribution in [1.29, 1.82) is 0 Å². The van der Waals surface area contributed by atoms with Crippen molar-refractivity contribution in [2.45, 2.75) is 23.5 Å². The molecule has 1 atom stereocenters. The van der Waals surface area contributed by atoms with E-state index in [-0.39, 0.29) is 11.6 Å². The van der Waals surface area contributed by atoms with Crippen LogP contribution in [-0.4, -0.2) is 44.3 Å². The zero-order valence-electron chi connectivity index (χ0n) is 26.1. The van der Waals surface area contributed by atoms with E-state index < -0.39 is 17.1 Å². The molecule has 0 heterocycles. The van der Waals surface area contributed by atoms with Gasteiger partial charge in [-0.15, -0.1) is 11.8 Å². The molecule has 0 bridgehead atoms. The van der Waals surface area contributed by atoms with E-state index in [1.807, 2.05) is 13.0 Å². The first-order chi connectivity index (χ1) is 22.6. The summed E-state index contributed by atoms with van der Waals surface area (Å²) in [4.78, 5) is 40.8. The second-order valence-corrected chi connectivity index (χ2v) is 12.1. The number of carbonyl (C=O) groups excluding carboxylic acids is 3. The number of methoxy groups -OCH3 is 3. The normalized spacial score (nSPS) is 11.7. The first-order valence-electron chi connectivity index (χ1n) is 14.4. The van der Waals surface area contributed by atoms with Crippen LogP contribution in [0.15, 0.2) is 95.5 Å². The molecule has 0 radical (unpaired) electrons. The maximum absolute atomic E-state index is 13.7. The van der Waals surface area contributed by atoms with E-state index in [1.54, 1.807) is 78.9 Å². The monoisotopic (exact) mass is 693 g/mol. The molecule has 4 rings (SSSR count). The zero-order chi connectivity index (χ0) is 33.9. The first kappa shape index (κ1) is 35.2. The summed E-state index contributed by atoms with van der Waals surface area (Å²) in [6.45, 7) is 1.90. The lowest BCUT2D eigenvalue weighted by Crippen LogP contribution is -2.30. The molecule has 0 saturated carbocycles. The molecule has 0 aromatic heterocycles. The molecule has 0 aliphatic carbocycles. The van der Waals surface area contributed by atoms with Crippen molar-refractivity contribution in [2.24, 2.45) is 0 Å². The number of rotatable bonds is 13. The van der Waals surface area contributed by atoms with Gasteiger partial charge in [-0.25, -0.2) is 0 Å². The Morgan fingerprint density at radius 2 is 1.51 bits per heavy atom. The van der Waals surface area contributed by atoms with Gasteiger partial charge in [0.1, 0.15) is 11.4 Å². The van der Waals surface area contributed by atoms with Gasteiger partial charge in [0.25, 0.3) is 11.8 Å². The number of hydrogen-bond acceptors (Lipinski definition) is 7. The lowest BCUT2D eigenvalue weighted by Gasteiger charge is -2.17. The van der Waals surface area contributed by atoms with Crippen molar-refractivity contribution >= 4 is 70.1 Å². The Morgan fingerprint density at radius 3 is 2.19 bits per heavy atom. The summed E-state index contributed by atoms with van der Waals surface area (Å²) < 4.78 is 16.3. The molecular weight excluding hydrogens is 661 g/mol. The third-order valence-corrected chi connectivity index (χ3v) is 8.71. The predicted molar refractivity (Wildman–Crippen MR) is 188 cm³/mol. The van der Waals surface area contributed by atoms with Gasteiger partial charge in [0.15, 0.2) is 11.5 Å². The Labute approximate surface area is 287 Å². The van der Waals surface area contributed by atoms with E-state index in [1.165, 1.54) is 39.2 Å². The fraction of sp³-hybridized carbons (Fsp3) is 0.171. The molecular formula is C35H33Cl2N3O6S. The van der Waals surface area contributed by atoms with Crippen LogP contribution in [0.5, 0.6) is 17.2 Å². The number of carbonyl (C=O) groups is 3. The summed E-state index contributed by atoms with van der Waals surface area (Å²) in [5.74, 6) is -0.0755. The summed E-state index contributed by atoms with van der Waals surface area (Å²) in [6.07, 6.45) is 2.02. The highest BCUT2D eigenvalue weighted by atomic mass is 35.5. The highest BCUT2D eigenvalue weighted by molar-refractivity contribution is 8.00. The molecule has 0 spiro atoms. The van der Waals surface area contributed by atoms with Crippen LogP contribution in [0, 0.1) is 0 Å². The Bertz CT molecular complexity index is 1780. The maximum Gasteiger partial charge on any atom is 0.272 e. The van der Waals surface area contributed by atoms with Crippen molar-refractivity contribution in [2.75, 3.05) is 32.0 Å². The third-order valence-electron chi connectivity index (χ3n) is 6.78. The Morgan fingerprint density at radius 1 is 0.809 bits per heavy atom. The molecule has 0 saturated heterocycles. The van der Waals surface area contributed by atoms with Crippen molar-refractivity contribution in [3.8, 4) is 17.2 Å². The van der Waals surface area contributed by atoms with E-state index in [2.05, 4.69) is 16.0 Å². The van der Waals surface area contributed by atoms with Gasteiger partial charge in [-0.2, -0.15) is 0 Å². The van der Waals surface area contributed by atoms with E-state index in [0.717, 1.165) is 4.90 Å². The molecule has 12 heteroatoms. The summed E-state index contributed by atoms with van der Waals surface area (Å²) >= 11 is 13.6. The average molecular weight is 695 g/mol. The van der Waals surface area contributed by atoms with Crippen LogP contribution in [0.4, 0.5) is 11.4 Å². The van der Waals surface area contributed by atoms with Crippen LogP contribution in [0.1, 0.15) is 29.3 Å². The van der Waals surface area contributed by atoms with Gasteiger partial charge in [0.2, 0.25) is 5.91 Å². The van der Waals surface area contributed by atoms with Crippen molar-refractivity contribution in [1.82, 2.24) is 5.32 Å². The summed E-state index contributed by atoms with van der Waals surface area (Å²) in [6, 6.07) is 23.7. The van der Waals surface area contributed by atoms with Crippen LogP contribution >= 0.6 is 35.0 Å². The van der Waals surface area contributed by atoms with Gasteiger partial charge in [-0.05, 0) is 67.1 Å². The molecule has 1 unspecified atom stereocenters. The molecule has 244 valence electrons. The molecule has 3 N–H and O–H groups in total. The fourth-order valence-electron chi connectivity index (χ4n) is 4.40. The zero-order valence-corrected chi connectivity index (χ0v) is 28.4. The number of anilines is 2. The highest BCUT2D eigenvalue weighted by Gasteiger charge is 2.21. The minimum atomic E-state index is -0.589. The van der Waals surface area contributed by atoms with Crippen LogP contribution < -0.4 is 30.2 Å². The van der Waals surface area contributed by atoms with E-state index >= 15 is 0 Å². The quantitative estimate of drug-likeness (QED) is 0.0962. The van der Waals surface area contributed by atoms with Gasteiger partial charge in [-0.3, -0.25) is 14.4 Å².